The number of nitrogens with zero attached hydrogens (tertiary/aromatic N) is 1. The van der Waals surface area contributed by atoms with Gasteiger partial charge in [-0.25, -0.2) is 0 Å². The van der Waals surface area contributed by atoms with E-state index < -0.39 is 12.4 Å². The molecule has 3 N–H and O–H groups in total. The van der Waals surface area contributed by atoms with Crippen LogP contribution in [0.4, 0.5) is 24.9 Å². The minimum atomic E-state index is -4.73. The lowest BCUT2D eigenvalue weighted by atomic mass is 10.1. The summed E-state index contributed by atoms with van der Waals surface area (Å²) < 4.78 is 46.4. The molecule has 1 amide bonds. The third-order valence-corrected chi connectivity index (χ3v) is 5.63. The van der Waals surface area contributed by atoms with Crippen LogP contribution in [0.2, 0.25) is 5.02 Å². The molecule has 0 aliphatic heterocycles. The number of rotatable bonds is 10. The number of ether oxygens (including phenoxy) is 1. The summed E-state index contributed by atoms with van der Waals surface area (Å²) in [4.78, 5) is 17.3. The van der Waals surface area contributed by atoms with E-state index in [0.717, 1.165) is 12.8 Å². The van der Waals surface area contributed by atoms with Crippen LogP contribution in [-0.2, 0) is 4.79 Å². The summed E-state index contributed by atoms with van der Waals surface area (Å²) in [7, 11) is 0. The minimum Gasteiger partial charge on any atom is -0.422 e. The quantitative estimate of drug-likeness (QED) is 0.340. The van der Waals surface area contributed by atoms with Gasteiger partial charge in [0.15, 0.2) is 5.58 Å². The van der Waals surface area contributed by atoms with Crippen LogP contribution in [0.25, 0.3) is 11.1 Å². The minimum absolute atomic E-state index is 0.191. The van der Waals surface area contributed by atoms with Crippen LogP contribution in [0.3, 0.4) is 0 Å². The average Bonchev–Trinajstić information content (AvgIpc) is 3.48. The van der Waals surface area contributed by atoms with Crippen molar-refractivity contribution in [1.29, 1.82) is 0 Å². The number of carbonyl (C=O) groups is 1. The normalized spacial score (nSPS) is 15.6. The van der Waals surface area contributed by atoms with Gasteiger partial charge in [0.05, 0.1) is 5.02 Å². The predicted molar refractivity (Wildman–Crippen MR) is 123 cm³/mol. The van der Waals surface area contributed by atoms with Crippen LogP contribution in [0.5, 0.6) is 5.75 Å². The van der Waals surface area contributed by atoms with E-state index >= 15 is 0 Å². The van der Waals surface area contributed by atoms with Crippen molar-refractivity contribution in [3.63, 3.8) is 0 Å². The molecule has 0 bridgehead atoms. The summed E-state index contributed by atoms with van der Waals surface area (Å²) in [5, 5.41) is 9.59. The van der Waals surface area contributed by atoms with Crippen molar-refractivity contribution >= 4 is 40.3 Å². The molecule has 0 unspecified atom stereocenters. The zero-order valence-corrected chi connectivity index (χ0v) is 19.0. The van der Waals surface area contributed by atoms with Crippen molar-refractivity contribution in [3.05, 3.63) is 47.5 Å². The maximum atomic E-state index is 13.0. The Morgan fingerprint density at radius 3 is 2.62 bits per heavy atom. The molecule has 1 aromatic heterocycles. The number of para-hydroxylation sites is 1. The standard InChI is InChI=1S/C23H24ClF3N4O3/c1-13(12-28-15-7-9-16(10-8-15)34-23(25,26)27)29-21(32)19(11-14-5-6-14)31-22-30-18-4-2-3-17(24)20(18)33-22/h2-4,7-10,13-14,19,28H,5-6,11-12H2,1H3,(H,29,32)(H,30,31)/t13-,19-/m0/s1. The van der Waals surface area contributed by atoms with E-state index in [1.165, 1.54) is 24.3 Å². The molecule has 7 nitrogen and oxygen atoms in total. The van der Waals surface area contributed by atoms with Gasteiger partial charge in [0, 0.05) is 18.3 Å². The smallest absolute Gasteiger partial charge is 0.422 e. The highest BCUT2D eigenvalue weighted by atomic mass is 35.5. The fourth-order valence-electron chi connectivity index (χ4n) is 3.48. The Labute approximate surface area is 199 Å². The molecule has 1 aliphatic carbocycles. The predicted octanol–water partition coefficient (Wildman–Crippen LogP) is 5.58. The summed E-state index contributed by atoms with van der Waals surface area (Å²) >= 11 is 6.15. The number of aromatic nitrogens is 1. The summed E-state index contributed by atoms with van der Waals surface area (Å²) in [5.41, 5.74) is 1.66. The van der Waals surface area contributed by atoms with Gasteiger partial charge < -0.3 is 25.1 Å². The number of amides is 1. The molecule has 1 saturated carbocycles. The van der Waals surface area contributed by atoms with Gasteiger partial charge in [0.2, 0.25) is 5.91 Å². The largest absolute Gasteiger partial charge is 0.573 e. The molecule has 1 aliphatic rings. The first-order chi connectivity index (χ1) is 16.2. The molecule has 2 aromatic carbocycles. The average molecular weight is 497 g/mol. The number of anilines is 2. The number of oxazole rings is 1. The van der Waals surface area contributed by atoms with Gasteiger partial charge in [0.25, 0.3) is 6.01 Å². The highest BCUT2D eigenvalue weighted by molar-refractivity contribution is 6.34. The van der Waals surface area contributed by atoms with Crippen LogP contribution in [0, 0.1) is 5.92 Å². The van der Waals surface area contributed by atoms with E-state index in [9.17, 15) is 18.0 Å². The van der Waals surface area contributed by atoms with E-state index in [2.05, 4.69) is 25.7 Å². The fraction of sp³-hybridized carbons (Fsp3) is 0.391. The van der Waals surface area contributed by atoms with Crippen molar-refractivity contribution in [1.82, 2.24) is 10.3 Å². The molecule has 11 heteroatoms. The second-order valence-corrected chi connectivity index (χ2v) is 8.75. The molecule has 4 rings (SSSR count). The van der Waals surface area contributed by atoms with Gasteiger partial charge in [-0.1, -0.05) is 30.5 Å². The third-order valence-electron chi connectivity index (χ3n) is 5.34. The van der Waals surface area contributed by atoms with E-state index in [-0.39, 0.29) is 23.7 Å². The highest BCUT2D eigenvalue weighted by Crippen LogP contribution is 2.35. The topological polar surface area (TPSA) is 88.4 Å². The van der Waals surface area contributed by atoms with Gasteiger partial charge >= 0.3 is 6.36 Å². The summed E-state index contributed by atoms with van der Waals surface area (Å²) in [6.45, 7) is 2.21. The van der Waals surface area contributed by atoms with Gasteiger partial charge in [-0.05, 0) is 55.7 Å². The van der Waals surface area contributed by atoms with Crippen LogP contribution >= 0.6 is 11.6 Å². The van der Waals surface area contributed by atoms with E-state index in [4.69, 9.17) is 16.0 Å². The van der Waals surface area contributed by atoms with Crippen molar-refractivity contribution in [2.24, 2.45) is 5.92 Å². The molecule has 3 aromatic rings. The first-order valence-corrected chi connectivity index (χ1v) is 11.3. The monoisotopic (exact) mass is 496 g/mol. The Morgan fingerprint density at radius 1 is 1.24 bits per heavy atom. The first kappa shape index (κ1) is 24.0. The van der Waals surface area contributed by atoms with Gasteiger partial charge in [-0.3, -0.25) is 4.79 Å². The Morgan fingerprint density at radius 2 is 1.97 bits per heavy atom. The maximum Gasteiger partial charge on any atom is 0.573 e. The van der Waals surface area contributed by atoms with Crippen LogP contribution < -0.4 is 20.7 Å². The Hall–Kier alpha value is -3.14. The third kappa shape index (κ3) is 6.69. The number of fused-ring (bicyclic) bond motifs is 1. The molecule has 0 radical (unpaired) electrons. The molecule has 0 saturated heterocycles. The zero-order chi connectivity index (χ0) is 24.3. The number of halogens is 4. The van der Waals surface area contributed by atoms with Crippen molar-refractivity contribution in [2.75, 3.05) is 17.2 Å². The number of hydrogen-bond donors (Lipinski definition) is 3. The van der Waals surface area contributed by atoms with Crippen molar-refractivity contribution in [2.45, 2.75) is 44.6 Å². The number of benzene rings is 2. The maximum absolute atomic E-state index is 13.0. The summed E-state index contributed by atoms with van der Waals surface area (Å²) in [6, 6.07) is 10.1. The molecule has 1 heterocycles. The van der Waals surface area contributed by atoms with Gasteiger partial charge in [-0.15, -0.1) is 13.2 Å². The number of alkyl halides is 3. The number of carbonyl (C=O) groups excluding carboxylic acids is 1. The molecule has 1 fully saturated rings. The highest BCUT2D eigenvalue weighted by Gasteiger charge is 2.32. The van der Waals surface area contributed by atoms with Crippen molar-refractivity contribution in [3.8, 4) is 5.75 Å². The van der Waals surface area contributed by atoms with Gasteiger partial charge in [-0.2, -0.15) is 4.98 Å². The molecular formula is C23H24ClF3N4O3. The second-order valence-electron chi connectivity index (χ2n) is 8.35. The Kier molecular flexibility index (Phi) is 7.06. The van der Waals surface area contributed by atoms with Crippen LogP contribution in [-0.4, -0.2) is 35.9 Å². The number of nitrogens with one attached hydrogen (secondary N) is 3. The van der Waals surface area contributed by atoms with Crippen LogP contribution in [0.15, 0.2) is 46.9 Å². The molecule has 34 heavy (non-hydrogen) atoms. The fourth-order valence-corrected chi connectivity index (χ4v) is 3.69. The van der Waals surface area contributed by atoms with E-state index in [1.54, 1.807) is 18.2 Å². The van der Waals surface area contributed by atoms with Gasteiger partial charge in [0.1, 0.15) is 17.3 Å². The van der Waals surface area contributed by atoms with E-state index in [0.29, 0.717) is 40.7 Å². The molecule has 2 atom stereocenters. The number of hydrogen-bond acceptors (Lipinski definition) is 6. The molecule has 0 spiro atoms. The Balaban J connectivity index is 1.32. The molecular weight excluding hydrogens is 473 g/mol. The lowest BCUT2D eigenvalue weighted by molar-refractivity contribution is -0.274. The summed E-state index contributed by atoms with van der Waals surface area (Å²) in [5.74, 6) is -0.0144. The van der Waals surface area contributed by atoms with Crippen LogP contribution in [0.1, 0.15) is 26.2 Å². The SMILES string of the molecule is C[C@@H](CNc1ccc(OC(F)(F)F)cc1)NC(=O)[C@H](CC1CC1)Nc1nc2cccc(Cl)c2o1. The van der Waals surface area contributed by atoms with Crippen molar-refractivity contribution < 1.29 is 27.1 Å². The van der Waals surface area contributed by atoms with E-state index in [1.807, 2.05) is 6.92 Å². The lowest BCUT2D eigenvalue weighted by Crippen LogP contribution is -2.46. The lowest BCUT2D eigenvalue weighted by Gasteiger charge is -2.21. The first-order valence-electron chi connectivity index (χ1n) is 10.9. The Bertz CT molecular complexity index is 1130. The summed E-state index contributed by atoms with van der Waals surface area (Å²) in [6.07, 6.45) is -1.92. The molecule has 182 valence electrons. The second kappa shape index (κ2) is 10.0. The zero-order valence-electron chi connectivity index (χ0n) is 18.3.